The molecule has 0 aromatic carbocycles. The van der Waals surface area contributed by atoms with Crippen molar-refractivity contribution in [3.05, 3.63) is 12.2 Å². The van der Waals surface area contributed by atoms with Gasteiger partial charge in [-0.05, 0) is 13.8 Å². The second-order valence-corrected chi connectivity index (χ2v) is 4.36. The van der Waals surface area contributed by atoms with Crippen molar-refractivity contribution < 1.29 is 34.4 Å². The van der Waals surface area contributed by atoms with Gasteiger partial charge in [0.15, 0.2) is 6.10 Å². The molecule has 20 heavy (non-hydrogen) atoms. The zero-order chi connectivity index (χ0) is 16.0. The van der Waals surface area contributed by atoms with Crippen molar-refractivity contribution in [2.75, 3.05) is 6.61 Å². The third kappa shape index (κ3) is 4.82. The highest BCUT2D eigenvalue weighted by atomic mass is 16.5. The number of carbonyl (C=O) groups excluding carboxylic acids is 3. The standard InChI is InChI=1S/C12H19NO7/c1-5(2)12(19)20-11(10(18)7(16)4-14)8(13)9(17)6(3)15/h6,8-9,11,14-15,17H,1,4,13H2,2-3H3/t6?,8-,9?,11+/m0/s1. The summed E-state index contributed by atoms with van der Waals surface area (Å²) in [6.45, 7) is 4.74. The molecular weight excluding hydrogens is 270 g/mol. The van der Waals surface area contributed by atoms with Crippen LogP contribution in [-0.2, 0) is 19.1 Å². The van der Waals surface area contributed by atoms with Crippen molar-refractivity contribution in [1.82, 2.24) is 0 Å². The second-order valence-electron chi connectivity index (χ2n) is 4.36. The monoisotopic (exact) mass is 289 g/mol. The summed E-state index contributed by atoms with van der Waals surface area (Å²) in [5.74, 6) is -3.48. The van der Waals surface area contributed by atoms with E-state index in [1.807, 2.05) is 0 Å². The van der Waals surface area contributed by atoms with Gasteiger partial charge in [0.2, 0.25) is 11.6 Å². The summed E-state index contributed by atoms with van der Waals surface area (Å²) in [5, 5.41) is 27.5. The Bertz CT molecular complexity index is 405. The fraction of sp³-hybridized carbons (Fsp3) is 0.583. The van der Waals surface area contributed by atoms with Crippen LogP contribution in [0, 0.1) is 0 Å². The average Bonchev–Trinajstić information content (AvgIpc) is 2.40. The number of esters is 1. The van der Waals surface area contributed by atoms with Crippen LogP contribution < -0.4 is 5.73 Å². The van der Waals surface area contributed by atoms with E-state index in [2.05, 4.69) is 6.58 Å². The summed E-state index contributed by atoms with van der Waals surface area (Å²) >= 11 is 0. The van der Waals surface area contributed by atoms with Gasteiger partial charge in [0.05, 0.1) is 18.2 Å². The predicted octanol–water partition coefficient (Wildman–Crippen LogP) is -2.33. The number of hydrogen-bond donors (Lipinski definition) is 4. The molecule has 0 saturated carbocycles. The maximum Gasteiger partial charge on any atom is 0.333 e. The molecule has 0 rings (SSSR count). The Morgan fingerprint density at radius 1 is 1.30 bits per heavy atom. The Morgan fingerprint density at radius 2 is 1.80 bits per heavy atom. The van der Waals surface area contributed by atoms with Gasteiger partial charge in [0.1, 0.15) is 6.61 Å². The second kappa shape index (κ2) is 7.85. The summed E-state index contributed by atoms with van der Waals surface area (Å²) in [6.07, 6.45) is -4.73. The maximum atomic E-state index is 11.7. The number of ether oxygens (including phenoxy) is 1. The minimum atomic E-state index is -1.82. The fourth-order valence-corrected chi connectivity index (χ4v) is 1.26. The molecule has 0 aliphatic heterocycles. The molecule has 0 heterocycles. The van der Waals surface area contributed by atoms with E-state index in [-0.39, 0.29) is 5.57 Å². The molecule has 0 fully saturated rings. The summed E-state index contributed by atoms with van der Waals surface area (Å²) < 4.78 is 4.71. The number of aliphatic hydroxyl groups excluding tert-OH is 3. The topological polar surface area (TPSA) is 147 Å². The Labute approximate surface area is 115 Å². The van der Waals surface area contributed by atoms with Gasteiger partial charge in [0, 0.05) is 5.57 Å². The van der Waals surface area contributed by atoms with E-state index in [0.29, 0.717) is 0 Å². The third-order valence-corrected chi connectivity index (χ3v) is 2.50. The maximum absolute atomic E-state index is 11.7. The molecule has 8 heteroatoms. The van der Waals surface area contributed by atoms with Crippen LogP contribution in [0.1, 0.15) is 13.8 Å². The Morgan fingerprint density at radius 3 is 2.15 bits per heavy atom. The first-order valence-corrected chi connectivity index (χ1v) is 5.79. The smallest absolute Gasteiger partial charge is 0.333 e. The number of ketones is 2. The van der Waals surface area contributed by atoms with E-state index in [1.165, 1.54) is 13.8 Å². The number of Topliss-reactive ketones (excluding diaryl/α,β-unsaturated/α-hetero) is 2. The van der Waals surface area contributed by atoms with Crippen molar-refractivity contribution in [1.29, 1.82) is 0 Å². The van der Waals surface area contributed by atoms with Gasteiger partial charge in [0.25, 0.3) is 0 Å². The Balaban J connectivity index is 5.25. The third-order valence-electron chi connectivity index (χ3n) is 2.50. The highest BCUT2D eigenvalue weighted by Crippen LogP contribution is 2.10. The van der Waals surface area contributed by atoms with Gasteiger partial charge < -0.3 is 25.8 Å². The van der Waals surface area contributed by atoms with Crippen LogP contribution in [0.15, 0.2) is 12.2 Å². The molecule has 0 spiro atoms. The number of aliphatic hydroxyl groups is 3. The molecule has 0 aromatic heterocycles. The number of hydrogen-bond acceptors (Lipinski definition) is 8. The molecule has 0 aromatic rings. The van der Waals surface area contributed by atoms with Gasteiger partial charge in [-0.25, -0.2) is 4.79 Å². The summed E-state index contributed by atoms with van der Waals surface area (Å²) in [6, 6.07) is -1.53. The molecular formula is C12H19NO7. The van der Waals surface area contributed by atoms with E-state index < -0.39 is 48.5 Å². The Hall–Kier alpha value is -1.61. The molecule has 114 valence electrons. The van der Waals surface area contributed by atoms with Crippen LogP contribution in [0.4, 0.5) is 0 Å². The van der Waals surface area contributed by atoms with E-state index in [0.717, 1.165) is 0 Å². The van der Waals surface area contributed by atoms with Gasteiger partial charge in [-0.2, -0.15) is 0 Å². The molecule has 2 unspecified atom stereocenters. The molecule has 8 nitrogen and oxygen atoms in total. The lowest BCUT2D eigenvalue weighted by Crippen LogP contribution is -2.55. The normalized spacial score (nSPS) is 16.7. The first-order valence-electron chi connectivity index (χ1n) is 5.79. The largest absolute Gasteiger partial charge is 0.449 e. The zero-order valence-corrected chi connectivity index (χ0v) is 11.3. The van der Waals surface area contributed by atoms with Gasteiger partial charge in [-0.3, -0.25) is 9.59 Å². The lowest BCUT2D eigenvalue weighted by atomic mass is 9.97. The van der Waals surface area contributed by atoms with Gasteiger partial charge >= 0.3 is 5.97 Å². The highest BCUT2D eigenvalue weighted by molar-refractivity contribution is 6.39. The van der Waals surface area contributed by atoms with Crippen LogP contribution in [0.2, 0.25) is 0 Å². The summed E-state index contributed by atoms with van der Waals surface area (Å²) in [7, 11) is 0. The quantitative estimate of drug-likeness (QED) is 0.221. The minimum Gasteiger partial charge on any atom is -0.449 e. The average molecular weight is 289 g/mol. The number of carbonyl (C=O) groups is 3. The van der Waals surface area contributed by atoms with Crippen LogP contribution in [0.3, 0.4) is 0 Å². The van der Waals surface area contributed by atoms with Crippen LogP contribution in [0.25, 0.3) is 0 Å². The van der Waals surface area contributed by atoms with Crippen LogP contribution >= 0.6 is 0 Å². The molecule has 4 atom stereocenters. The molecule has 0 bridgehead atoms. The summed E-state index contributed by atoms with van der Waals surface area (Å²) in [5.41, 5.74) is 5.49. The lowest BCUT2D eigenvalue weighted by Gasteiger charge is -2.27. The van der Waals surface area contributed by atoms with Crippen molar-refractivity contribution >= 4 is 17.5 Å². The van der Waals surface area contributed by atoms with E-state index in [1.54, 1.807) is 0 Å². The molecule has 0 aliphatic carbocycles. The molecule has 0 amide bonds. The van der Waals surface area contributed by atoms with Gasteiger partial charge in [-0.15, -0.1) is 0 Å². The molecule has 5 N–H and O–H groups in total. The number of rotatable bonds is 8. The molecule has 0 saturated heterocycles. The minimum absolute atomic E-state index is 0.0435. The SMILES string of the molecule is C=C(C)C(=O)O[C@@H](C(=O)C(=O)CO)[C@@H](N)C(O)C(C)O. The predicted molar refractivity (Wildman–Crippen MR) is 67.5 cm³/mol. The van der Waals surface area contributed by atoms with Gasteiger partial charge in [-0.1, -0.05) is 6.58 Å². The molecule has 0 radical (unpaired) electrons. The van der Waals surface area contributed by atoms with Crippen LogP contribution in [0.5, 0.6) is 0 Å². The Kier molecular flexibility index (Phi) is 7.22. The van der Waals surface area contributed by atoms with Crippen LogP contribution in [-0.4, -0.2) is 63.8 Å². The van der Waals surface area contributed by atoms with Crippen molar-refractivity contribution in [2.45, 2.75) is 38.2 Å². The zero-order valence-electron chi connectivity index (χ0n) is 11.3. The van der Waals surface area contributed by atoms with E-state index in [9.17, 15) is 24.6 Å². The fourth-order valence-electron chi connectivity index (χ4n) is 1.26. The van der Waals surface area contributed by atoms with E-state index >= 15 is 0 Å². The lowest BCUT2D eigenvalue weighted by molar-refractivity contribution is -0.158. The first kappa shape index (κ1) is 18.4. The van der Waals surface area contributed by atoms with Crippen molar-refractivity contribution in [2.24, 2.45) is 5.73 Å². The number of nitrogens with two attached hydrogens (primary N) is 1. The highest BCUT2D eigenvalue weighted by Gasteiger charge is 2.38. The molecule has 0 aliphatic rings. The van der Waals surface area contributed by atoms with E-state index in [4.69, 9.17) is 15.6 Å². The van der Waals surface area contributed by atoms with Crippen molar-refractivity contribution in [3.63, 3.8) is 0 Å². The first-order chi connectivity index (χ1) is 9.13. The summed E-state index contributed by atoms with van der Waals surface area (Å²) in [4.78, 5) is 34.3. The van der Waals surface area contributed by atoms with Crippen molar-refractivity contribution in [3.8, 4) is 0 Å².